The molecule has 0 aliphatic heterocycles. The molecule has 0 radical (unpaired) electrons. The summed E-state index contributed by atoms with van der Waals surface area (Å²) in [6, 6.07) is 30.6. The van der Waals surface area contributed by atoms with E-state index in [2.05, 4.69) is 108 Å². The molecule has 0 heterocycles. The standard InChI is InChI=1S/C35H50O4Si2/c1-28(27-40(7,8)9)24-33(37-6)34(38-25-29-20-22-30(36-5)23-21-29)26-39-41(35(2,3)4,31-16-12-10-13-17-31)32-18-14-11-15-19-32/h10-23,33-34H,1,24-27H2,2-9H3/t33-,34+/m1/s1. The van der Waals surface area contributed by atoms with Crippen molar-refractivity contribution in [1.29, 1.82) is 0 Å². The third-order valence-electron chi connectivity index (χ3n) is 7.49. The van der Waals surface area contributed by atoms with E-state index in [-0.39, 0.29) is 17.2 Å². The molecule has 0 saturated carbocycles. The molecule has 0 spiro atoms. The molecule has 0 saturated heterocycles. The van der Waals surface area contributed by atoms with Crippen molar-refractivity contribution in [3.05, 3.63) is 103 Å². The van der Waals surface area contributed by atoms with Gasteiger partial charge in [0.05, 0.1) is 26.4 Å². The van der Waals surface area contributed by atoms with Crippen molar-refractivity contribution in [2.75, 3.05) is 20.8 Å². The van der Waals surface area contributed by atoms with E-state index in [9.17, 15) is 0 Å². The maximum Gasteiger partial charge on any atom is 0.261 e. The zero-order valence-corrected chi connectivity index (χ0v) is 28.4. The van der Waals surface area contributed by atoms with E-state index in [1.165, 1.54) is 15.9 Å². The normalized spacial score (nSPS) is 14.0. The fourth-order valence-corrected chi connectivity index (χ4v) is 11.8. The Balaban J connectivity index is 1.98. The lowest BCUT2D eigenvalue weighted by atomic mass is 10.1. The molecular formula is C35H50O4Si2. The van der Waals surface area contributed by atoms with Crippen molar-refractivity contribution in [2.24, 2.45) is 0 Å². The van der Waals surface area contributed by atoms with Crippen molar-refractivity contribution in [1.82, 2.24) is 0 Å². The summed E-state index contributed by atoms with van der Waals surface area (Å²) in [7, 11) is -0.588. The summed E-state index contributed by atoms with van der Waals surface area (Å²) < 4.78 is 25.5. The first kappa shape index (κ1) is 33.0. The van der Waals surface area contributed by atoms with E-state index in [0.717, 1.165) is 23.8 Å². The van der Waals surface area contributed by atoms with Gasteiger partial charge in [-0.3, -0.25) is 0 Å². The number of methoxy groups -OCH3 is 2. The topological polar surface area (TPSA) is 36.9 Å². The lowest BCUT2D eigenvalue weighted by Gasteiger charge is -2.44. The summed E-state index contributed by atoms with van der Waals surface area (Å²) in [5.74, 6) is 0.831. The van der Waals surface area contributed by atoms with Crippen LogP contribution in [0.15, 0.2) is 97.1 Å². The predicted molar refractivity (Wildman–Crippen MR) is 178 cm³/mol. The SMILES string of the molecule is C=C(C[C@@H](OC)[C@H](CO[Si](c1ccccc1)(c1ccccc1)C(C)(C)C)OCc1ccc(OC)cc1)C[Si](C)(C)C. The van der Waals surface area contributed by atoms with E-state index in [1.807, 2.05) is 24.3 Å². The maximum atomic E-state index is 7.31. The molecule has 0 N–H and O–H groups in total. The lowest BCUT2D eigenvalue weighted by molar-refractivity contribution is -0.0818. The van der Waals surface area contributed by atoms with E-state index in [0.29, 0.717) is 13.2 Å². The number of benzene rings is 3. The highest BCUT2D eigenvalue weighted by Crippen LogP contribution is 2.37. The third kappa shape index (κ3) is 9.00. The van der Waals surface area contributed by atoms with Crippen LogP contribution in [0.5, 0.6) is 5.75 Å². The third-order valence-corrected chi connectivity index (χ3v) is 14.1. The van der Waals surface area contributed by atoms with E-state index < -0.39 is 16.4 Å². The minimum Gasteiger partial charge on any atom is -0.497 e. The number of ether oxygens (including phenoxy) is 3. The fraction of sp³-hybridized carbons (Fsp3) is 0.429. The van der Waals surface area contributed by atoms with Gasteiger partial charge in [-0.15, -0.1) is 6.58 Å². The Kier molecular flexibility index (Phi) is 11.8. The summed E-state index contributed by atoms with van der Waals surface area (Å²) >= 11 is 0. The molecule has 2 atom stereocenters. The van der Waals surface area contributed by atoms with Crippen molar-refractivity contribution in [2.45, 2.75) is 76.7 Å². The van der Waals surface area contributed by atoms with Gasteiger partial charge < -0.3 is 18.6 Å². The van der Waals surface area contributed by atoms with Gasteiger partial charge in [-0.1, -0.05) is 119 Å². The van der Waals surface area contributed by atoms with E-state index >= 15 is 0 Å². The predicted octanol–water partition coefficient (Wildman–Crippen LogP) is 7.46. The Morgan fingerprint density at radius 2 is 1.32 bits per heavy atom. The van der Waals surface area contributed by atoms with Crippen LogP contribution >= 0.6 is 0 Å². The molecule has 0 amide bonds. The zero-order chi connectivity index (χ0) is 30.1. The van der Waals surface area contributed by atoms with Gasteiger partial charge in [0.1, 0.15) is 11.9 Å². The highest BCUT2D eigenvalue weighted by Gasteiger charge is 2.50. The lowest BCUT2D eigenvalue weighted by Crippen LogP contribution is -2.67. The van der Waals surface area contributed by atoms with Crippen LogP contribution in [0.3, 0.4) is 0 Å². The molecule has 3 aromatic carbocycles. The second-order valence-electron chi connectivity index (χ2n) is 13.1. The average Bonchev–Trinajstić information content (AvgIpc) is 2.93. The molecular weight excluding hydrogens is 541 g/mol. The fourth-order valence-electron chi connectivity index (χ4n) is 5.63. The van der Waals surface area contributed by atoms with Crippen molar-refractivity contribution in [3.8, 4) is 5.75 Å². The monoisotopic (exact) mass is 590 g/mol. The molecule has 222 valence electrons. The van der Waals surface area contributed by atoms with Crippen LogP contribution in [0.25, 0.3) is 0 Å². The van der Waals surface area contributed by atoms with Gasteiger partial charge in [-0.25, -0.2) is 0 Å². The molecule has 3 aromatic rings. The number of rotatable bonds is 15. The summed E-state index contributed by atoms with van der Waals surface area (Å²) in [5, 5.41) is 2.38. The van der Waals surface area contributed by atoms with Gasteiger partial charge in [0.2, 0.25) is 0 Å². The van der Waals surface area contributed by atoms with Gasteiger partial charge in [-0.2, -0.15) is 0 Å². The molecule has 0 fully saturated rings. The van der Waals surface area contributed by atoms with Crippen LogP contribution in [-0.2, 0) is 20.5 Å². The summed E-state index contributed by atoms with van der Waals surface area (Å²) in [6.45, 7) is 19.4. The van der Waals surface area contributed by atoms with Crippen LogP contribution in [0.2, 0.25) is 30.7 Å². The summed E-state index contributed by atoms with van der Waals surface area (Å²) in [6.07, 6.45) is 0.301. The Labute approximate surface area is 250 Å². The van der Waals surface area contributed by atoms with Crippen molar-refractivity contribution in [3.63, 3.8) is 0 Å². The Morgan fingerprint density at radius 3 is 1.76 bits per heavy atom. The van der Waals surface area contributed by atoms with Gasteiger partial charge in [0, 0.05) is 15.2 Å². The van der Waals surface area contributed by atoms with Crippen LogP contribution in [0, 0.1) is 0 Å². The molecule has 0 bridgehead atoms. The molecule has 0 unspecified atom stereocenters. The highest BCUT2D eigenvalue weighted by atomic mass is 28.4. The van der Waals surface area contributed by atoms with Gasteiger partial charge in [0.25, 0.3) is 8.32 Å². The Morgan fingerprint density at radius 1 is 0.780 bits per heavy atom. The highest BCUT2D eigenvalue weighted by molar-refractivity contribution is 6.99. The molecule has 0 aromatic heterocycles. The van der Waals surface area contributed by atoms with E-state index in [1.54, 1.807) is 14.2 Å². The van der Waals surface area contributed by atoms with E-state index in [4.69, 9.17) is 18.6 Å². The minimum atomic E-state index is -2.74. The smallest absolute Gasteiger partial charge is 0.261 e. The first-order chi connectivity index (χ1) is 19.4. The Hall–Kier alpha value is -2.49. The second-order valence-corrected chi connectivity index (χ2v) is 22.9. The minimum absolute atomic E-state index is 0.125. The largest absolute Gasteiger partial charge is 0.497 e. The first-order valence-electron chi connectivity index (χ1n) is 14.6. The summed E-state index contributed by atoms with van der Waals surface area (Å²) in [4.78, 5) is 0. The second kappa shape index (κ2) is 14.6. The quantitative estimate of drug-likeness (QED) is 0.136. The molecule has 0 aliphatic rings. The Bertz CT molecular complexity index is 1160. The zero-order valence-electron chi connectivity index (χ0n) is 26.4. The van der Waals surface area contributed by atoms with Crippen molar-refractivity contribution >= 4 is 26.8 Å². The van der Waals surface area contributed by atoms with Gasteiger partial charge in [-0.05, 0) is 45.6 Å². The number of hydrogen-bond donors (Lipinski definition) is 0. The van der Waals surface area contributed by atoms with Crippen LogP contribution < -0.4 is 15.1 Å². The van der Waals surface area contributed by atoms with Gasteiger partial charge >= 0.3 is 0 Å². The van der Waals surface area contributed by atoms with Crippen LogP contribution in [-0.4, -0.2) is 49.4 Å². The molecule has 0 aliphatic carbocycles. The van der Waals surface area contributed by atoms with Gasteiger partial charge in [0.15, 0.2) is 0 Å². The molecule has 4 nitrogen and oxygen atoms in total. The maximum absolute atomic E-state index is 7.31. The number of hydrogen-bond acceptors (Lipinski definition) is 4. The van der Waals surface area contributed by atoms with Crippen LogP contribution in [0.4, 0.5) is 0 Å². The summed E-state index contributed by atoms with van der Waals surface area (Å²) in [5.41, 5.74) is 2.30. The average molecular weight is 591 g/mol. The van der Waals surface area contributed by atoms with Crippen molar-refractivity contribution < 1.29 is 18.6 Å². The first-order valence-corrected chi connectivity index (χ1v) is 20.2. The molecule has 41 heavy (non-hydrogen) atoms. The molecule has 3 rings (SSSR count). The molecule has 6 heteroatoms. The van der Waals surface area contributed by atoms with Crippen LogP contribution in [0.1, 0.15) is 32.8 Å².